The average molecular weight is 431 g/mol. The van der Waals surface area contributed by atoms with Gasteiger partial charge >= 0.3 is 0 Å². The molecule has 2 heterocycles. The minimum Gasteiger partial charge on any atom is -0.489 e. The maximum Gasteiger partial charge on any atom is 0.191 e. The first-order valence-electron chi connectivity index (χ1n) is 8.09. The SMILES string of the molecule is CN=C(NCC(C)Oc1ccccc1)NC1CC2CCC1O2.I. The van der Waals surface area contributed by atoms with Crippen LogP contribution in [-0.4, -0.2) is 43.9 Å². The van der Waals surface area contributed by atoms with Crippen molar-refractivity contribution >= 4 is 29.9 Å². The molecule has 2 fully saturated rings. The quantitative estimate of drug-likeness (QED) is 0.428. The number of ether oxygens (including phenoxy) is 2. The molecule has 5 nitrogen and oxygen atoms in total. The van der Waals surface area contributed by atoms with E-state index < -0.39 is 0 Å². The smallest absolute Gasteiger partial charge is 0.191 e. The van der Waals surface area contributed by atoms with E-state index in [-0.39, 0.29) is 30.1 Å². The first-order chi connectivity index (χ1) is 10.7. The van der Waals surface area contributed by atoms with E-state index in [0.717, 1.165) is 24.6 Å². The molecule has 23 heavy (non-hydrogen) atoms. The van der Waals surface area contributed by atoms with E-state index in [1.165, 1.54) is 6.42 Å². The van der Waals surface area contributed by atoms with Crippen molar-refractivity contribution in [1.29, 1.82) is 0 Å². The van der Waals surface area contributed by atoms with Gasteiger partial charge in [0.1, 0.15) is 11.9 Å². The lowest BCUT2D eigenvalue weighted by molar-refractivity contribution is 0.0992. The first-order valence-corrected chi connectivity index (χ1v) is 8.09. The number of aliphatic imine (C=N–C) groups is 1. The molecule has 0 spiro atoms. The van der Waals surface area contributed by atoms with E-state index >= 15 is 0 Å². The van der Waals surface area contributed by atoms with Gasteiger partial charge in [-0.25, -0.2) is 0 Å². The Morgan fingerprint density at radius 2 is 2.13 bits per heavy atom. The minimum absolute atomic E-state index is 0. The highest BCUT2D eigenvalue weighted by molar-refractivity contribution is 14.0. The Hall–Kier alpha value is -1.02. The van der Waals surface area contributed by atoms with E-state index in [1.54, 1.807) is 7.05 Å². The molecular formula is C17H26IN3O2. The molecule has 3 rings (SSSR count). The summed E-state index contributed by atoms with van der Waals surface area (Å²) in [6.07, 6.45) is 4.31. The predicted octanol–water partition coefficient (Wildman–Crippen LogP) is 2.56. The second-order valence-electron chi connectivity index (χ2n) is 6.06. The monoisotopic (exact) mass is 431 g/mol. The molecule has 0 aliphatic carbocycles. The van der Waals surface area contributed by atoms with Crippen LogP contribution in [0.3, 0.4) is 0 Å². The van der Waals surface area contributed by atoms with E-state index in [4.69, 9.17) is 9.47 Å². The molecule has 4 unspecified atom stereocenters. The van der Waals surface area contributed by atoms with Crippen molar-refractivity contribution in [3.63, 3.8) is 0 Å². The highest BCUT2D eigenvalue weighted by Crippen LogP contribution is 2.34. The fraction of sp³-hybridized carbons (Fsp3) is 0.588. The normalized spacial score (nSPS) is 27.2. The summed E-state index contributed by atoms with van der Waals surface area (Å²) in [6, 6.07) is 10.3. The first kappa shape index (κ1) is 18.3. The molecular weight excluding hydrogens is 405 g/mol. The number of rotatable bonds is 5. The van der Waals surface area contributed by atoms with Gasteiger partial charge in [0.15, 0.2) is 5.96 Å². The summed E-state index contributed by atoms with van der Waals surface area (Å²) >= 11 is 0. The molecule has 0 amide bonds. The Morgan fingerprint density at radius 3 is 2.74 bits per heavy atom. The summed E-state index contributed by atoms with van der Waals surface area (Å²) in [5.74, 6) is 1.71. The van der Waals surface area contributed by atoms with Gasteiger partial charge < -0.3 is 20.1 Å². The van der Waals surface area contributed by atoms with Gasteiger partial charge in [-0.3, -0.25) is 4.99 Å². The topological polar surface area (TPSA) is 54.9 Å². The van der Waals surface area contributed by atoms with Gasteiger partial charge in [0.2, 0.25) is 0 Å². The van der Waals surface area contributed by atoms with Crippen LogP contribution in [0.25, 0.3) is 0 Å². The molecule has 0 radical (unpaired) electrons. The summed E-state index contributed by atoms with van der Waals surface area (Å²) in [6.45, 7) is 2.75. The van der Waals surface area contributed by atoms with Crippen LogP contribution in [0.4, 0.5) is 0 Å². The van der Waals surface area contributed by atoms with Gasteiger partial charge in [-0.05, 0) is 38.3 Å². The number of guanidine groups is 1. The molecule has 2 saturated heterocycles. The zero-order chi connectivity index (χ0) is 15.4. The van der Waals surface area contributed by atoms with Crippen LogP contribution in [0, 0.1) is 0 Å². The van der Waals surface area contributed by atoms with Crippen LogP contribution in [0.15, 0.2) is 35.3 Å². The second kappa shape index (κ2) is 8.73. The van der Waals surface area contributed by atoms with Crippen molar-refractivity contribution < 1.29 is 9.47 Å². The molecule has 4 atom stereocenters. The van der Waals surface area contributed by atoms with Crippen molar-refractivity contribution in [2.24, 2.45) is 4.99 Å². The minimum atomic E-state index is 0. The number of benzene rings is 1. The van der Waals surface area contributed by atoms with Crippen molar-refractivity contribution in [3.8, 4) is 5.75 Å². The van der Waals surface area contributed by atoms with Gasteiger partial charge in [0.25, 0.3) is 0 Å². The lowest BCUT2D eigenvalue weighted by atomic mass is 9.96. The molecule has 2 aliphatic rings. The van der Waals surface area contributed by atoms with E-state index in [2.05, 4.69) is 15.6 Å². The highest BCUT2D eigenvalue weighted by Gasteiger charge is 2.41. The lowest BCUT2D eigenvalue weighted by Gasteiger charge is -2.23. The maximum absolute atomic E-state index is 5.86. The zero-order valence-corrected chi connectivity index (χ0v) is 16.0. The van der Waals surface area contributed by atoms with Crippen molar-refractivity contribution in [3.05, 3.63) is 30.3 Å². The largest absolute Gasteiger partial charge is 0.489 e. The number of para-hydroxylation sites is 1. The Labute approximate surface area is 155 Å². The number of halogens is 1. The molecule has 1 aromatic rings. The molecule has 0 saturated carbocycles. The molecule has 2 bridgehead atoms. The third-order valence-electron chi connectivity index (χ3n) is 4.29. The molecule has 128 valence electrons. The number of nitrogens with zero attached hydrogens (tertiary/aromatic N) is 1. The Bertz CT molecular complexity index is 512. The van der Waals surface area contributed by atoms with Gasteiger partial charge in [-0.2, -0.15) is 0 Å². The van der Waals surface area contributed by atoms with Crippen molar-refractivity contribution in [2.75, 3.05) is 13.6 Å². The zero-order valence-electron chi connectivity index (χ0n) is 13.7. The summed E-state index contributed by atoms with van der Waals surface area (Å²) in [4.78, 5) is 4.30. The third kappa shape index (κ3) is 4.97. The van der Waals surface area contributed by atoms with Crippen LogP contribution in [0.5, 0.6) is 5.75 Å². The number of hydrogen-bond acceptors (Lipinski definition) is 3. The Kier molecular flexibility index (Phi) is 6.95. The Balaban J connectivity index is 0.00000192. The van der Waals surface area contributed by atoms with Gasteiger partial charge in [0, 0.05) is 7.05 Å². The van der Waals surface area contributed by atoms with Crippen molar-refractivity contribution in [2.45, 2.75) is 50.5 Å². The molecule has 2 aliphatic heterocycles. The lowest BCUT2D eigenvalue weighted by Crippen LogP contribution is -2.49. The third-order valence-corrected chi connectivity index (χ3v) is 4.29. The number of fused-ring (bicyclic) bond motifs is 2. The standard InChI is InChI=1S/C17H25N3O2.HI/c1-12(21-13-6-4-3-5-7-13)11-19-17(18-2)20-15-10-14-8-9-16(15)22-14;/h3-7,12,14-16H,8-11H2,1-2H3,(H2,18,19,20);1H. The molecule has 6 heteroatoms. The van der Waals surface area contributed by atoms with Gasteiger partial charge in [-0.15, -0.1) is 24.0 Å². The summed E-state index contributed by atoms with van der Waals surface area (Å²) in [5.41, 5.74) is 0. The number of nitrogens with one attached hydrogen (secondary N) is 2. The molecule has 1 aromatic carbocycles. The van der Waals surface area contributed by atoms with Crippen LogP contribution in [-0.2, 0) is 4.74 Å². The second-order valence-corrected chi connectivity index (χ2v) is 6.06. The van der Waals surface area contributed by atoms with E-state index in [0.29, 0.717) is 24.8 Å². The van der Waals surface area contributed by atoms with Crippen LogP contribution >= 0.6 is 24.0 Å². The Morgan fingerprint density at radius 1 is 1.35 bits per heavy atom. The van der Waals surface area contributed by atoms with Crippen LogP contribution in [0.1, 0.15) is 26.2 Å². The van der Waals surface area contributed by atoms with Gasteiger partial charge in [-0.1, -0.05) is 18.2 Å². The summed E-state index contributed by atoms with van der Waals surface area (Å²) in [5, 5.41) is 6.81. The van der Waals surface area contributed by atoms with Crippen molar-refractivity contribution in [1.82, 2.24) is 10.6 Å². The average Bonchev–Trinajstić information content (AvgIpc) is 3.15. The number of hydrogen-bond donors (Lipinski definition) is 2. The molecule has 0 aromatic heterocycles. The highest BCUT2D eigenvalue weighted by atomic mass is 127. The van der Waals surface area contributed by atoms with Crippen LogP contribution < -0.4 is 15.4 Å². The van der Waals surface area contributed by atoms with Crippen LogP contribution in [0.2, 0.25) is 0 Å². The predicted molar refractivity (Wildman–Crippen MR) is 103 cm³/mol. The summed E-state index contributed by atoms with van der Waals surface area (Å²) < 4.78 is 11.7. The van der Waals surface area contributed by atoms with Gasteiger partial charge in [0.05, 0.1) is 24.8 Å². The molecule has 2 N–H and O–H groups in total. The fourth-order valence-electron chi connectivity index (χ4n) is 3.17. The fourth-order valence-corrected chi connectivity index (χ4v) is 3.17. The maximum atomic E-state index is 5.86. The van der Waals surface area contributed by atoms with E-state index in [9.17, 15) is 0 Å². The van der Waals surface area contributed by atoms with E-state index in [1.807, 2.05) is 37.3 Å². The summed E-state index contributed by atoms with van der Waals surface area (Å²) in [7, 11) is 1.80.